The minimum Gasteiger partial charge on any atom is -0.454 e. The zero-order valence-electron chi connectivity index (χ0n) is 11.5. The predicted molar refractivity (Wildman–Crippen MR) is 82.1 cm³/mol. The lowest BCUT2D eigenvalue weighted by molar-refractivity contribution is 0.0945. The van der Waals surface area contributed by atoms with Crippen LogP contribution in [0.25, 0.3) is 0 Å². The van der Waals surface area contributed by atoms with Gasteiger partial charge in [-0.15, -0.1) is 0 Å². The summed E-state index contributed by atoms with van der Waals surface area (Å²) in [6.45, 7) is 0.0376. The minimum absolute atomic E-state index is 0.133. The predicted octanol–water partition coefficient (Wildman–Crippen LogP) is 2.73. The van der Waals surface area contributed by atoms with Gasteiger partial charge in [0.2, 0.25) is 0 Å². The Morgan fingerprint density at radius 1 is 1.27 bits per heavy atom. The molecule has 0 saturated heterocycles. The molecule has 5 nitrogen and oxygen atoms in total. The molecular weight excluding hydrogens is 304 g/mol. The molecule has 6 heteroatoms. The van der Waals surface area contributed by atoms with Gasteiger partial charge in [-0.3, -0.25) is 4.79 Å². The molecule has 0 aliphatic rings. The highest BCUT2D eigenvalue weighted by molar-refractivity contribution is 6.32. The summed E-state index contributed by atoms with van der Waals surface area (Å²) in [5, 5.41) is 20.5. The van der Waals surface area contributed by atoms with E-state index in [9.17, 15) is 4.79 Å². The number of hydrogen-bond acceptors (Lipinski definition) is 4. The Hall–Kier alpha value is -2.55. The number of benzene rings is 2. The molecular formula is C16H13ClN2O3. The van der Waals surface area contributed by atoms with Crippen molar-refractivity contribution in [1.29, 1.82) is 5.26 Å². The maximum Gasteiger partial charge on any atom is 0.251 e. The number of nitrogens with one attached hydrogen (secondary N) is 1. The summed E-state index contributed by atoms with van der Waals surface area (Å²) in [6.07, 6.45) is 0. The number of aliphatic hydroxyl groups excluding tert-OH is 1. The smallest absolute Gasteiger partial charge is 0.251 e. The van der Waals surface area contributed by atoms with Crippen LogP contribution >= 0.6 is 11.6 Å². The molecule has 0 radical (unpaired) electrons. The van der Waals surface area contributed by atoms with E-state index in [0.29, 0.717) is 22.6 Å². The van der Waals surface area contributed by atoms with Crippen molar-refractivity contribution in [2.75, 3.05) is 13.2 Å². The molecule has 0 spiro atoms. The molecule has 0 fully saturated rings. The molecule has 0 saturated carbocycles. The Morgan fingerprint density at radius 3 is 2.73 bits per heavy atom. The van der Waals surface area contributed by atoms with Crippen LogP contribution < -0.4 is 10.1 Å². The lowest BCUT2D eigenvalue weighted by Gasteiger charge is -2.10. The summed E-state index contributed by atoms with van der Waals surface area (Å²) in [5.41, 5.74) is 0.753. The first-order valence-electron chi connectivity index (χ1n) is 6.51. The summed E-state index contributed by atoms with van der Waals surface area (Å²) >= 11 is 6.12. The lowest BCUT2D eigenvalue weighted by Crippen LogP contribution is -2.26. The Morgan fingerprint density at radius 2 is 2.05 bits per heavy atom. The van der Waals surface area contributed by atoms with Crippen LogP contribution in [0.5, 0.6) is 11.5 Å². The molecule has 1 amide bonds. The van der Waals surface area contributed by atoms with E-state index in [0.717, 1.165) is 0 Å². The third-order valence-electron chi connectivity index (χ3n) is 2.82. The summed E-state index contributed by atoms with van der Waals surface area (Å²) in [4.78, 5) is 11.8. The fraction of sp³-hybridized carbons (Fsp3) is 0.125. The van der Waals surface area contributed by atoms with Gasteiger partial charge in [-0.05, 0) is 30.3 Å². The maximum atomic E-state index is 11.8. The van der Waals surface area contributed by atoms with E-state index in [1.807, 2.05) is 6.07 Å². The van der Waals surface area contributed by atoms with Crippen molar-refractivity contribution in [3.05, 3.63) is 58.6 Å². The van der Waals surface area contributed by atoms with Gasteiger partial charge in [0.1, 0.15) is 17.6 Å². The monoisotopic (exact) mass is 316 g/mol. The Balaban J connectivity index is 2.20. The average molecular weight is 317 g/mol. The highest BCUT2D eigenvalue weighted by Crippen LogP contribution is 2.31. The van der Waals surface area contributed by atoms with Gasteiger partial charge in [0.25, 0.3) is 5.91 Å². The molecule has 22 heavy (non-hydrogen) atoms. The summed E-state index contributed by atoms with van der Waals surface area (Å²) < 4.78 is 5.62. The second kappa shape index (κ2) is 7.46. The molecule has 2 N–H and O–H groups in total. The SMILES string of the molecule is N#Cc1ccccc1Oc1ccc(C(=O)NCCO)cc1Cl. The molecule has 112 valence electrons. The van der Waals surface area contributed by atoms with Crippen molar-refractivity contribution in [1.82, 2.24) is 5.32 Å². The van der Waals surface area contributed by atoms with Gasteiger partial charge in [0.05, 0.1) is 17.2 Å². The number of amides is 1. The molecule has 0 atom stereocenters. The lowest BCUT2D eigenvalue weighted by atomic mass is 10.2. The second-order valence-electron chi connectivity index (χ2n) is 4.33. The molecule has 0 aromatic heterocycles. The maximum absolute atomic E-state index is 11.8. The van der Waals surface area contributed by atoms with Crippen molar-refractivity contribution < 1.29 is 14.6 Å². The van der Waals surface area contributed by atoms with Gasteiger partial charge in [-0.25, -0.2) is 0 Å². The minimum atomic E-state index is -0.333. The van der Waals surface area contributed by atoms with Crippen LogP contribution in [0.4, 0.5) is 0 Å². The van der Waals surface area contributed by atoms with Crippen LogP contribution in [-0.2, 0) is 0 Å². The summed E-state index contributed by atoms with van der Waals surface area (Å²) in [6, 6.07) is 13.4. The van der Waals surface area contributed by atoms with E-state index in [4.69, 9.17) is 26.7 Å². The van der Waals surface area contributed by atoms with Gasteiger partial charge in [-0.2, -0.15) is 5.26 Å². The number of hydrogen-bond donors (Lipinski definition) is 2. The van der Waals surface area contributed by atoms with Crippen LogP contribution in [0.3, 0.4) is 0 Å². The van der Waals surface area contributed by atoms with Crippen LogP contribution in [0.2, 0.25) is 5.02 Å². The Bertz CT molecular complexity index is 726. The summed E-state index contributed by atoms with van der Waals surface area (Å²) in [5.74, 6) is 0.410. The number of halogens is 1. The molecule has 2 rings (SSSR count). The topological polar surface area (TPSA) is 82.3 Å². The van der Waals surface area contributed by atoms with Crippen molar-refractivity contribution in [3.63, 3.8) is 0 Å². The fourth-order valence-corrected chi connectivity index (χ4v) is 1.98. The van der Waals surface area contributed by atoms with Gasteiger partial charge in [0, 0.05) is 12.1 Å². The van der Waals surface area contributed by atoms with E-state index in [1.165, 1.54) is 6.07 Å². The first-order valence-corrected chi connectivity index (χ1v) is 6.89. The molecule has 2 aromatic carbocycles. The largest absolute Gasteiger partial charge is 0.454 e. The molecule has 0 unspecified atom stereocenters. The quantitative estimate of drug-likeness (QED) is 0.888. The number of rotatable bonds is 5. The Kier molecular flexibility index (Phi) is 5.37. The van der Waals surface area contributed by atoms with Crippen molar-refractivity contribution in [2.24, 2.45) is 0 Å². The fourth-order valence-electron chi connectivity index (χ4n) is 1.76. The normalized spacial score (nSPS) is 9.86. The van der Waals surface area contributed by atoms with Crippen LogP contribution in [-0.4, -0.2) is 24.2 Å². The molecule has 0 bridgehead atoms. The average Bonchev–Trinajstić information content (AvgIpc) is 2.54. The number of para-hydroxylation sites is 1. The summed E-state index contributed by atoms with van der Waals surface area (Å²) in [7, 11) is 0. The van der Waals surface area contributed by atoms with E-state index in [1.54, 1.807) is 36.4 Å². The van der Waals surface area contributed by atoms with E-state index in [2.05, 4.69) is 5.32 Å². The molecule has 2 aromatic rings. The highest BCUT2D eigenvalue weighted by atomic mass is 35.5. The first kappa shape index (κ1) is 15.8. The number of aliphatic hydroxyl groups is 1. The van der Waals surface area contributed by atoms with Crippen molar-refractivity contribution in [2.45, 2.75) is 0 Å². The van der Waals surface area contributed by atoms with Crippen LogP contribution in [0.15, 0.2) is 42.5 Å². The second-order valence-corrected chi connectivity index (χ2v) is 4.74. The van der Waals surface area contributed by atoms with Gasteiger partial charge >= 0.3 is 0 Å². The van der Waals surface area contributed by atoms with Crippen molar-refractivity contribution in [3.8, 4) is 17.6 Å². The standard InChI is InChI=1S/C16H13ClN2O3/c17-13-9-11(16(21)19-7-8-20)5-6-15(13)22-14-4-2-1-3-12(14)10-18/h1-6,9,20H,7-8H2,(H,19,21). The molecule has 0 heterocycles. The third-order valence-corrected chi connectivity index (χ3v) is 3.11. The number of nitrogens with zero attached hydrogens (tertiary/aromatic N) is 1. The van der Waals surface area contributed by atoms with Crippen molar-refractivity contribution >= 4 is 17.5 Å². The van der Waals surface area contributed by atoms with Gasteiger partial charge in [-0.1, -0.05) is 23.7 Å². The number of carbonyl (C=O) groups excluding carboxylic acids is 1. The number of carbonyl (C=O) groups is 1. The highest BCUT2D eigenvalue weighted by Gasteiger charge is 2.11. The zero-order chi connectivity index (χ0) is 15.9. The van der Waals surface area contributed by atoms with Gasteiger partial charge in [0.15, 0.2) is 0 Å². The number of nitriles is 1. The first-order chi connectivity index (χ1) is 10.7. The number of ether oxygens (including phenoxy) is 1. The zero-order valence-corrected chi connectivity index (χ0v) is 12.3. The van der Waals surface area contributed by atoms with Crippen LogP contribution in [0, 0.1) is 11.3 Å². The molecule has 0 aliphatic carbocycles. The Labute approximate surface area is 132 Å². The van der Waals surface area contributed by atoms with E-state index >= 15 is 0 Å². The van der Waals surface area contributed by atoms with Crippen LogP contribution in [0.1, 0.15) is 15.9 Å². The van der Waals surface area contributed by atoms with Gasteiger partial charge < -0.3 is 15.2 Å². The van der Waals surface area contributed by atoms with E-state index in [-0.39, 0.29) is 24.1 Å². The van der Waals surface area contributed by atoms with E-state index < -0.39 is 0 Å². The third kappa shape index (κ3) is 3.76. The molecule has 0 aliphatic heterocycles.